The number of carbonyl (C=O) groups excluding carboxylic acids is 2. The summed E-state index contributed by atoms with van der Waals surface area (Å²) in [6, 6.07) is 44.8. The van der Waals surface area contributed by atoms with Gasteiger partial charge < -0.3 is 14.4 Å². The number of amides is 1. The SMILES string of the molecule is C[C@@]1(Cc2cccc(CN(c3ccccc3)c3ccccc3)n2)C(=O)O[C@@H](c2ccccc2)N1C(=O)OCc1ccccc1. The van der Waals surface area contributed by atoms with Gasteiger partial charge in [-0.05, 0) is 48.9 Å². The largest absolute Gasteiger partial charge is 0.444 e. The van der Waals surface area contributed by atoms with Gasteiger partial charge in [0.1, 0.15) is 6.61 Å². The molecule has 0 aliphatic carbocycles. The highest BCUT2D eigenvalue weighted by atomic mass is 16.6. The number of hydrogen-bond donors (Lipinski definition) is 0. The minimum Gasteiger partial charge on any atom is -0.444 e. The van der Waals surface area contributed by atoms with Gasteiger partial charge >= 0.3 is 12.1 Å². The zero-order valence-electron chi connectivity index (χ0n) is 24.5. The van der Waals surface area contributed by atoms with Crippen molar-refractivity contribution >= 4 is 23.4 Å². The van der Waals surface area contributed by atoms with E-state index >= 15 is 0 Å². The van der Waals surface area contributed by atoms with Gasteiger partial charge in [0.05, 0.1) is 12.2 Å². The summed E-state index contributed by atoms with van der Waals surface area (Å²) in [6.07, 6.45) is -1.40. The van der Waals surface area contributed by atoms with Gasteiger partial charge in [0.25, 0.3) is 0 Å². The summed E-state index contributed by atoms with van der Waals surface area (Å²) in [5, 5.41) is 0. The second-order valence-corrected chi connectivity index (χ2v) is 10.9. The first kappa shape index (κ1) is 28.7. The molecule has 4 aromatic carbocycles. The summed E-state index contributed by atoms with van der Waals surface area (Å²) in [5.74, 6) is -0.509. The van der Waals surface area contributed by atoms with Crippen molar-refractivity contribution in [1.29, 1.82) is 0 Å². The predicted octanol–water partition coefficient (Wildman–Crippen LogP) is 7.62. The lowest BCUT2D eigenvalue weighted by molar-refractivity contribution is -0.145. The van der Waals surface area contributed by atoms with Crippen LogP contribution in [-0.4, -0.2) is 27.5 Å². The zero-order valence-corrected chi connectivity index (χ0v) is 24.5. The number of esters is 1. The fourth-order valence-corrected chi connectivity index (χ4v) is 5.49. The number of anilines is 2. The number of hydrogen-bond acceptors (Lipinski definition) is 6. The molecule has 1 aliphatic rings. The average Bonchev–Trinajstić information content (AvgIpc) is 3.33. The molecule has 7 nitrogen and oxygen atoms in total. The second kappa shape index (κ2) is 12.8. The van der Waals surface area contributed by atoms with E-state index in [1.165, 1.54) is 4.90 Å². The number of cyclic esters (lactones) is 1. The van der Waals surface area contributed by atoms with E-state index in [4.69, 9.17) is 14.5 Å². The maximum atomic E-state index is 13.7. The van der Waals surface area contributed by atoms with Crippen molar-refractivity contribution in [1.82, 2.24) is 9.88 Å². The molecule has 6 rings (SSSR count). The normalized spacial score (nSPS) is 17.6. The van der Waals surface area contributed by atoms with Crippen molar-refractivity contribution in [2.45, 2.75) is 38.3 Å². The molecule has 0 unspecified atom stereocenters. The Morgan fingerprint density at radius 1 is 0.773 bits per heavy atom. The lowest BCUT2D eigenvalue weighted by Crippen LogP contribution is -2.51. The van der Waals surface area contributed by atoms with E-state index in [2.05, 4.69) is 29.2 Å². The lowest BCUT2D eigenvalue weighted by atomic mass is 9.94. The summed E-state index contributed by atoms with van der Waals surface area (Å²) >= 11 is 0. The molecule has 220 valence electrons. The van der Waals surface area contributed by atoms with Crippen molar-refractivity contribution in [3.8, 4) is 0 Å². The maximum absolute atomic E-state index is 13.7. The summed E-state index contributed by atoms with van der Waals surface area (Å²) in [5.41, 5.74) is 3.75. The molecule has 1 amide bonds. The Labute approximate surface area is 257 Å². The van der Waals surface area contributed by atoms with Gasteiger partial charge in [0.15, 0.2) is 5.54 Å². The predicted molar refractivity (Wildman–Crippen MR) is 169 cm³/mol. The van der Waals surface area contributed by atoms with Crippen LogP contribution < -0.4 is 4.90 Å². The van der Waals surface area contributed by atoms with Crippen LogP contribution in [0.15, 0.2) is 140 Å². The Morgan fingerprint density at radius 2 is 1.32 bits per heavy atom. The van der Waals surface area contributed by atoms with Crippen LogP contribution in [0.1, 0.15) is 35.7 Å². The fourth-order valence-electron chi connectivity index (χ4n) is 5.49. The molecule has 5 aromatic rings. The van der Waals surface area contributed by atoms with Gasteiger partial charge in [-0.1, -0.05) is 103 Å². The van der Waals surface area contributed by atoms with Gasteiger partial charge in [-0.2, -0.15) is 0 Å². The summed E-state index contributed by atoms with van der Waals surface area (Å²) in [4.78, 5) is 35.9. The highest BCUT2D eigenvalue weighted by Crippen LogP contribution is 2.40. The minimum atomic E-state index is -1.35. The highest BCUT2D eigenvalue weighted by Gasteiger charge is 2.56. The molecule has 0 bridgehead atoms. The first-order valence-corrected chi connectivity index (χ1v) is 14.6. The van der Waals surface area contributed by atoms with E-state index in [1.807, 2.05) is 115 Å². The Bertz CT molecular complexity index is 1660. The average molecular weight is 584 g/mol. The Balaban J connectivity index is 1.29. The van der Waals surface area contributed by atoms with E-state index in [1.54, 1.807) is 6.92 Å². The van der Waals surface area contributed by atoms with Crippen LogP contribution >= 0.6 is 0 Å². The van der Waals surface area contributed by atoms with E-state index in [9.17, 15) is 9.59 Å². The third kappa shape index (κ3) is 6.17. The van der Waals surface area contributed by atoms with Gasteiger partial charge in [0, 0.05) is 29.1 Å². The summed E-state index contributed by atoms with van der Waals surface area (Å²) in [6.45, 7) is 2.31. The van der Waals surface area contributed by atoms with Crippen molar-refractivity contribution in [3.63, 3.8) is 0 Å². The molecule has 0 radical (unpaired) electrons. The van der Waals surface area contributed by atoms with Crippen LogP contribution in [0.2, 0.25) is 0 Å². The molecule has 2 heterocycles. The van der Waals surface area contributed by atoms with Crippen LogP contribution in [0.5, 0.6) is 0 Å². The first-order chi connectivity index (χ1) is 21.5. The van der Waals surface area contributed by atoms with Gasteiger partial charge in [0.2, 0.25) is 6.23 Å². The van der Waals surface area contributed by atoms with Gasteiger partial charge in [-0.25, -0.2) is 9.59 Å². The fraction of sp³-hybridized carbons (Fsp3) is 0.162. The van der Waals surface area contributed by atoms with E-state index < -0.39 is 23.8 Å². The third-order valence-corrected chi connectivity index (χ3v) is 7.76. The molecular weight excluding hydrogens is 550 g/mol. The molecule has 1 aliphatic heterocycles. The van der Waals surface area contributed by atoms with Gasteiger partial charge in [-0.3, -0.25) is 9.88 Å². The van der Waals surface area contributed by atoms with Crippen LogP contribution in [-0.2, 0) is 33.8 Å². The number of benzene rings is 4. The molecule has 0 spiro atoms. The van der Waals surface area contributed by atoms with Gasteiger partial charge in [-0.15, -0.1) is 0 Å². The standard InChI is InChI=1S/C37H33N3O4/c1-37(25-30-19-14-20-31(38-30)26-39(32-21-10-4-11-22-32)33-23-12-5-13-24-33)35(41)44-34(29-17-8-3-9-18-29)40(37)36(42)43-27-28-15-6-2-7-16-28/h2-24,34H,25-27H2,1H3/t34-,37+/m0/s1. The Morgan fingerprint density at radius 3 is 1.93 bits per heavy atom. The monoisotopic (exact) mass is 583 g/mol. The number of nitrogens with zero attached hydrogens (tertiary/aromatic N) is 3. The minimum absolute atomic E-state index is 0.0739. The van der Waals surface area contributed by atoms with Crippen LogP contribution in [0.25, 0.3) is 0 Å². The van der Waals surface area contributed by atoms with Crippen molar-refractivity contribution < 1.29 is 19.1 Å². The lowest BCUT2D eigenvalue weighted by Gasteiger charge is -2.32. The number of rotatable bonds is 9. The van der Waals surface area contributed by atoms with Crippen molar-refractivity contribution in [3.05, 3.63) is 162 Å². The third-order valence-electron chi connectivity index (χ3n) is 7.76. The van der Waals surface area contributed by atoms with E-state index in [0.717, 1.165) is 22.6 Å². The zero-order chi connectivity index (χ0) is 30.4. The Hall–Kier alpha value is -5.43. The molecule has 1 saturated heterocycles. The number of pyridine rings is 1. The number of ether oxygens (including phenoxy) is 2. The number of para-hydroxylation sites is 2. The van der Waals surface area contributed by atoms with E-state index in [0.29, 0.717) is 17.8 Å². The van der Waals surface area contributed by atoms with Crippen LogP contribution in [0.3, 0.4) is 0 Å². The molecule has 1 aromatic heterocycles. The topological polar surface area (TPSA) is 72.0 Å². The highest BCUT2D eigenvalue weighted by molar-refractivity contribution is 5.89. The maximum Gasteiger partial charge on any atom is 0.414 e. The Kier molecular flexibility index (Phi) is 8.36. The molecule has 1 fully saturated rings. The molecule has 0 N–H and O–H groups in total. The van der Waals surface area contributed by atoms with Crippen molar-refractivity contribution in [2.75, 3.05) is 4.90 Å². The quantitative estimate of drug-likeness (QED) is 0.166. The number of carbonyl (C=O) groups is 2. The number of aromatic nitrogens is 1. The summed E-state index contributed by atoms with van der Waals surface area (Å²) < 4.78 is 11.6. The molecule has 2 atom stereocenters. The molecule has 0 saturated carbocycles. The summed E-state index contributed by atoms with van der Waals surface area (Å²) in [7, 11) is 0. The van der Waals surface area contributed by atoms with Crippen LogP contribution in [0.4, 0.5) is 16.2 Å². The first-order valence-electron chi connectivity index (χ1n) is 14.6. The van der Waals surface area contributed by atoms with E-state index in [-0.39, 0.29) is 13.0 Å². The molecule has 44 heavy (non-hydrogen) atoms. The molecule has 7 heteroatoms. The van der Waals surface area contributed by atoms with Crippen molar-refractivity contribution in [2.24, 2.45) is 0 Å². The smallest absolute Gasteiger partial charge is 0.414 e. The van der Waals surface area contributed by atoms with Crippen LogP contribution in [0, 0.1) is 0 Å². The second-order valence-electron chi connectivity index (χ2n) is 10.9. The molecular formula is C37H33N3O4.